The molecule has 1 amide bonds. The van der Waals surface area contributed by atoms with Crippen LogP contribution in [0.1, 0.15) is 24.2 Å². The van der Waals surface area contributed by atoms with Gasteiger partial charge in [-0.05, 0) is 37.3 Å². The zero-order chi connectivity index (χ0) is 20.6. The van der Waals surface area contributed by atoms with E-state index in [1.165, 1.54) is 13.1 Å². The van der Waals surface area contributed by atoms with E-state index >= 15 is 0 Å². The van der Waals surface area contributed by atoms with E-state index < -0.39 is 5.97 Å². The van der Waals surface area contributed by atoms with Gasteiger partial charge < -0.3 is 20.7 Å². The molecule has 9 nitrogen and oxygen atoms in total. The van der Waals surface area contributed by atoms with E-state index in [-0.39, 0.29) is 18.5 Å². The number of esters is 1. The van der Waals surface area contributed by atoms with Gasteiger partial charge >= 0.3 is 5.97 Å². The van der Waals surface area contributed by atoms with Gasteiger partial charge in [0.1, 0.15) is 0 Å². The number of aromatic nitrogens is 3. The maximum atomic E-state index is 12.1. The van der Waals surface area contributed by atoms with Crippen LogP contribution in [0.4, 0.5) is 28.8 Å². The van der Waals surface area contributed by atoms with E-state index in [1.807, 2.05) is 6.07 Å². The Hall–Kier alpha value is -4.01. The quantitative estimate of drug-likeness (QED) is 0.523. The normalized spacial score (nSPS) is 10.1. The van der Waals surface area contributed by atoms with E-state index in [2.05, 4.69) is 31.1 Å². The Morgan fingerprint density at radius 2 is 1.83 bits per heavy atom. The Morgan fingerprint density at radius 1 is 1.03 bits per heavy atom. The van der Waals surface area contributed by atoms with Crippen molar-refractivity contribution in [3.63, 3.8) is 0 Å². The lowest BCUT2D eigenvalue weighted by Crippen LogP contribution is -2.09. The summed E-state index contributed by atoms with van der Waals surface area (Å²) in [6.07, 6.45) is 1.47. The minimum Gasteiger partial charge on any atom is -0.462 e. The SMILES string of the molecule is CCOC(=O)c1ccccc1Nc1nncc(Nc2cccc(NC(C)=O)c2)n1. The van der Waals surface area contributed by atoms with Crippen LogP contribution in [0.2, 0.25) is 0 Å². The predicted molar refractivity (Wildman–Crippen MR) is 110 cm³/mol. The van der Waals surface area contributed by atoms with Crippen LogP contribution in [0.3, 0.4) is 0 Å². The fourth-order valence-electron chi connectivity index (χ4n) is 2.54. The van der Waals surface area contributed by atoms with Crippen LogP contribution in [0, 0.1) is 0 Å². The van der Waals surface area contributed by atoms with Crippen molar-refractivity contribution in [1.82, 2.24) is 15.2 Å². The molecule has 0 fully saturated rings. The van der Waals surface area contributed by atoms with Crippen molar-refractivity contribution < 1.29 is 14.3 Å². The van der Waals surface area contributed by atoms with Gasteiger partial charge in [0.25, 0.3) is 0 Å². The van der Waals surface area contributed by atoms with Crippen molar-refractivity contribution in [1.29, 1.82) is 0 Å². The summed E-state index contributed by atoms with van der Waals surface area (Å²) >= 11 is 0. The Balaban J connectivity index is 1.77. The van der Waals surface area contributed by atoms with Gasteiger partial charge in [-0.15, -0.1) is 5.10 Å². The lowest BCUT2D eigenvalue weighted by atomic mass is 10.2. The molecule has 3 aromatic rings. The van der Waals surface area contributed by atoms with Gasteiger partial charge in [0, 0.05) is 18.3 Å². The monoisotopic (exact) mass is 392 g/mol. The van der Waals surface area contributed by atoms with Gasteiger partial charge in [-0.25, -0.2) is 4.79 Å². The fraction of sp³-hybridized carbons (Fsp3) is 0.150. The second kappa shape index (κ2) is 9.27. The van der Waals surface area contributed by atoms with E-state index in [0.29, 0.717) is 22.8 Å². The first-order valence-electron chi connectivity index (χ1n) is 8.92. The average molecular weight is 392 g/mol. The van der Waals surface area contributed by atoms with Crippen LogP contribution < -0.4 is 16.0 Å². The number of hydrogen-bond donors (Lipinski definition) is 3. The number of nitrogens with one attached hydrogen (secondary N) is 3. The maximum Gasteiger partial charge on any atom is 0.340 e. The van der Waals surface area contributed by atoms with Gasteiger partial charge in [-0.2, -0.15) is 10.1 Å². The molecule has 9 heteroatoms. The van der Waals surface area contributed by atoms with Crippen molar-refractivity contribution >= 4 is 40.7 Å². The van der Waals surface area contributed by atoms with Crippen molar-refractivity contribution in [2.75, 3.05) is 22.6 Å². The second-order valence-electron chi connectivity index (χ2n) is 5.94. The van der Waals surface area contributed by atoms with Crippen LogP contribution >= 0.6 is 0 Å². The minimum atomic E-state index is -0.437. The van der Waals surface area contributed by atoms with Gasteiger partial charge in [-0.3, -0.25) is 4.79 Å². The molecule has 3 N–H and O–H groups in total. The summed E-state index contributed by atoms with van der Waals surface area (Å²) in [6.45, 7) is 3.47. The zero-order valence-corrected chi connectivity index (χ0v) is 16.0. The standard InChI is InChI=1S/C20H20N6O3/c1-3-29-19(28)16-9-4-5-10-17(16)24-20-25-18(12-21-26-20)23-15-8-6-7-14(11-15)22-13(2)27/h4-12H,3H2,1-2H3,(H,22,27)(H2,23,24,25,26). The Morgan fingerprint density at radius 3 is 2.62 bits per heavy atom. The van der Waals surface area contributed by atoms with Crippen molar-refractivity contribution in [2.24, 2.45) is 0 Å². The zero-order valence-electron chi connectivity index (χ0n) is 16.0. The first-order valence-corrected chi connectivity index (χ1v) is 8.92. The number of amides is 1. The molecule has 1 aromatic heterocycles. The van der Waals surface area contributed by atoms with Crippen molar-refractivity contribution in [3.05, 3.63) is 60.3 Å². The highest BCUT2D eigenvalue weighted by atomic mass is 16.5. The van der Waals surface area contributed by atoms with Crippen LogP contribution in [0.15, 0.2) is 54.7 Å². The molecule has 0 radical (unpaired) electrons. The molecular weight excluding hydrogens is 372 g/mol. The van der Waals surface area contributed by atoms with Crippen LogP contribution in [-0.2, 0) is 9.53 Å². The average Bonchev–Trinajstić information content (AvgIpc) is 2.68. The largest absolute Gasteiger partial charge is 0.462 e. The number of ether oxygens (including phenoxy) is 1. The summed E-state index contributed by atoms with van der Waals surface area (Å²) in [5.41, 5.74) is 2.26. The molecule has 3 rings (SSSR count). The van der Waals surface area contributed by atoms with Gasteiger partial charge in [-0.1, -0.05) is 18.2 Å². The minimum absolute atomic E-state index is 0.155. The highest BCUT2D eigenvalue weighted by Gasteiger charge is 2.13. The van der Waals surface area contributed by atoms with E-state index in [9.17, 15) is 9.59 Å². The summed E-state index contributed by atoms with van der Waals surface area (Å²) in [5.74, 6) is 0.0612. The third kappa shape index (κ3) is 5.48. The molecule has 0 atom stereocenters. The van der Waals surface area contributed by atoms with Crippen LogP contribution in [0.25, 0.3) is 0 Å². The highest BCUT2D eigenvalue weighted by Crippen LogP contribution is 2.22. The van der Waals surface area contributed by atoms with Gasteiger partial charge in [0.15, 0.2) is 5.82 Å². The molecule has 0 saturated carbocycles. The predicted octanol–water partition coefficient (Wildman–Crippen LogP) is 3.49. The number of hydrogen-bond acceptors (Lipinski definition) is 8. The van der Waals surface area contributed by atoms with Crippen molar-refractivity contribution in [3.8, 4) is 0 Å². The highest BCUT2D eigenvalue weighted by molar-refractivity contribution is 5.96. The first-order chi connectivity index (χ1) is 14.0. The number of para-hydroxylation sites is 1. The molecule has 0 aliphatic carbocycles. The third-order valence-electron chi connectivity index (χ3n) is 3.68. The molecule has 0 unspecified atom stereocenters. The van der Waals surface area contributed by atoms with Crippen LogP contribution in [0.5, 0.6) is 0 Å². The smallest absolute Gasteiger partial charge is 0.340 e. The van der Waals surface area contributed by atoms with E-state index in [0.717, 1.165) is 5.69 Å². The maximum absolute atomic E-state index is 12.1. The number of anilines is 5. The molecule has 0 spiro atoms. The summed E-state index contributed by atoms with van der Waals surface area (Å²) in [6, 6.07) is 14.1. The Labute approximate surface area is 167 Å². The van der Waals surface area contributed by atoms with Crippen LogP contribution in [-0.4, -0.2) is 33.7 Å². The Kier molecular flexibility index (Phi) is 6.31. The molecule has 0 aliphatic heterocycles. The molecule has 148 valence electrons. The molecule has 0 saturated heterocycles. The third-order valence-corrected chi connectivity index (χ3v) is 3.68. The fourth-order valence-corrected chi connectivity index (χ4v) is 2.54. The van der Waals surface area contributed by atoms with E-state index in [1.54, 1.807) is 49.4 Å². The second-order valence-corrected chi connectivity index (χ2v) is 5.94. The van der Waals surface area contributed by atoms with Crippen molar-refractivity contribution in [2.45, 2.75) is 13.8 Å². The number of rotatable bonds is 7. The lowest BCUT2D eigenvalue weighted by molar-refractivity contribution is -0.114. The molecule has 29 heavy (non-hydrogen) atoms. The number of carbonyl (C=O) groups excluding carboxylic acids is 2. The topological polar surface area (TPSA) is 118 Å². The van der Waals surface area contributed by atoms with E-state index in [4.69, 9.17) is 4.74 Å². The number of nitrogens with zero attached hydrogens (tertiary/aromatic N) is 3. The lowest BCUT2D eigenvalue weighted by Gasteiger charge is -2.11. The summed E-state index contributed by atoms with van der Waals surface area (Å²) in [5, 5.41) is 16.7. The Bertz CT molecular complexity index is 1020. The molecular formula is C20H20N6O3. The van der Waals surface area contributed by atoms with Gasteiger partial charge in [0.2, 0.25) is 11.9 Å². The summed E-state index contributed by atoms with van der Waals surface area (Å²) < 4.78 is 5.07. The summed E-state index contributed by atoms with van der Waals surface area (Å²) in [4.78, 5) is 27.7. The molecule has 1 heterocycles. The molecule has 0 aliphatic rings. The molecule has 2 aromatic carbocycles. The molecule has 0 bridgehead atoms. The summed E-state index contributed by atoms with van der Waals surface area (Å²) in [7, 11) is 0. The number of benzene rings is 2. The first kappa shape index (κ1) is 19.7. The number of carbonyl (C=O) groups is 2. The van der Waals surface area contributed by atoms with Gasteiger partial charge in [0.05, 0.1) is 24.1 Å².